The number of aliphatic hydroxyl groups is 1. The summed E-state index contributed by atoms with van der Waals surface area (Å²) in [6.07, 6.45) is -0.389. The lowest BCUT2D eigenvalue weighted by Gasteiger charge is -2.14. The monoisotopic (exact) mass is 344 g/mol. The van der Waals surface area contributed by atoms with E-state index in [0.717, 1.165) is 18.4 Å². The molecule has 0 radical (unpaired) electrons. The Morgan fingerprint density at radius 2 is 1.83 bits per heavy atom. The molecule has 0 atom stereocenters. The highest BCUT2D eigenvalue weighted by Gasteiger charge is 2.30. The first-order chi connectivity index (χ1) is 11.0. The number of benzene rings is 1. The largest absolute Gasteiger partial charge is 0.406 e. The quantitative estimate of drug-likeness (QED) is 0.571. The van der Waals surface area contributed by atoms with Gasteiger partial charge in [-0.15, -0.1) is 0 Å². The highest BCUT2D eigenvalue weighted by molar-refractivity contribution is 7.99. The van der Waals surface area contributed by atoms with Crippen molar-refractivity contribution in [2.75, 3.05) is 12.4 Å². The van der Waals surface area contributed by atoms with Gasteiger partial charge < -0.3 is 9.67 Å². The third kappa shape index (κ3) is 5.58. The van der Waals surface area contributed by atoms with Crippen molar-refractivity contribution in [1.29, 1.82) is 0 Å². The molecule has 0 saturated carbocycles. The first kappa shape index (κ1) is 17.9. The zero-order valence-corrected chi connectivity index (χ0v) is 13.4. The molecule has 0 aliphatic heterocycles. The van der Waals surface area contributed by atoms with Gasteiger partial charge in [0.2, 0.25) is 0 Å². The van der Waals surface area contributed by atoms with Gasteiger partial charge in [-0.1, -0.05) is 48.5 Å². The molecule has 1 aromatic heterocycles. The van der Waals surface area contributed by atoms with Crippen molar-refractivity contribution in [1.82, 2.24) is 9.55 Å². The first-order valence-corrected chi connectivity index (χ1v) is 8.41. The molecule has 2 aromatic rings. The van der Waals surface area contributed by atoms with E-state index in [0.29, 0.717) is 23.0 Å². The van der Waals surface area contributed by atoms with Crippen LogP contribution in [0.15, 0.2) is 41.7 Å². The van der Waals surface area contributed by atoms with E-state index < -0.39 is 12.7 Å². The Hall–Kier alpha value is -1.47. The number of halogens is 3. The van der Waals surface area contributed by atoms with Crippen LogP contribution in [0, 0.1) is 0 Å². The highest BCUT2D eigenvalue weighted by Crippen LogP contribution is 2.30. The molecule has 3 nitrogen and oxygen atoms in total. The fourth-order valence-electron chi connectivity index (χ4n) is 2.20. The molecule has 0 spiro atoms. The summed E-state index contributed by atoms with van der Waals surface area (Å²) in [6.45, 7) is -0.901. The summed E-state index contributed by atoms with van der Waals surface area (Å²) in [5, 5.41) is 9.12. The maximum absolute atomic E-state index is 12.9. The number of imidazole rings is 1. The summed E-state index contributed by atoms with van der Waals surface area (Å²) in [5.74, 6) is 0.684. The van der Waals surface area contributed by atoms with Crippen LogP contribution in [0.3, 0.4) is 0 Å². The minimum atomic E-state index is -4.30. The predicted octanol–water partition coefficient (Wildman–Crippen LogP) is 4.37. The Bertz CT molecular complexity index is 599. The Morgan fingerprint density at radius 1 is 1.09 bits per heavy atom. The number of rotatable bonds is 8. The van der Waals surface area contributed by atoms with Gasteiger partial charge in [0.1, 0.15) is 6.54 Å². The van der Waals surface area contributed by atoms with Crippen LogP contribution in [0.1, 0.15) is 19.3 Å². The molecule has 0 amide bonds. The maximum Gasteiger partial charge on any atom is 0.406 e. The lowest BCUT2D eigenvalue weighted by molar-refractivity contribution is -0.141. The van der Waals surface area contributed by atoms with Crippen LogP contribution in [0.25, 0.3) is 11.3 Å². The number of hydrogen-bond acceptors (Lipinski definition) is 3. The smallest absolute Gasteiger partial charge is 0.396 e. The first-order valence-electron chi connectivity index (χ1n) is 7.42. The van der Waals surface area contributed by atoms with Crippen LogP contribution < -0.4 is 0 Å². The number of alkyl halides is 3. The summed E-state index contributed by atoms with van der Waals surface area (Å²) in [4.78, 5) is 4.17. The molecular weight excluding hydrogens is 325 g/mol. The van der Waals surface area contributed by atoms with Gasteiger partial charge in [0, 0.05) is 12.4 Å². The summed E-state index contributed by atoms with van der Waals surface area (Å²) < 4.78 is 39.9. The normalized spacial score (nSPS) is 11.8. The van der Waals surface area contributed by atoms with Gasteiger partial charge in [0.25, 0.3) is 0 Å². The third-order valence-electron chi connectivity index (χ3n) is 3.26. The van der Waals surface area contributed by atoms with Crippen LogP contribution in [0.4, 0.5) is 13.2 Å². The van der Waals surface area contributed by atoms with Crippen LogP contribution in [-0.4, -0.2) is 33.2 Å². The van der Waals surface area contributed by atoms with Crippen molar-refractivity contribution in [3.63, 3.8) is 0 Å². The maximum atomic E-state index is 12.9. The molecule has 1 heterocycles. The van der Waals surface area contributed by atoms with Gasteiger partial charge in [0.15, 0.2) is 5.16 Å². The van der Waals surface area contributed by atoms with Crippen molar-refractivity contribution in [2.45, 2.75) is 37.1 Å². The number of aliphatic hydroxyl groups excluding tert-OH is 1. The Balaban J connectivity index is 2.16. The van der Waals surface area contributed by atoms with E-state index >= 15 is 0 Å². The lowest BCUT2D eigenvalue weighted by atomic mass is 10.2. The van der Waals surface area contributed by atoms with Gasteiger partial charge in [0.05, 0.1) is 11.9 Å². The zero-order valence-electron chi connectivity index (χ0n) is 12.6. The van der Waals surface area contributed by atoms with E-state index in [-0.39, 0.29) is 6.61 Å². The molecule has 2 rings (SSSR count). The molecule has 1 aromatic carbocycles. The van der Waals surface area contributed by atoms with Crippen LogP contribution in [-0.2, 0) is 6.54 Å². The minimum absolute atomic E-state index is 0.144. The number of thioether (sulfide) groups is 1. The molecule has 0 aliphatic rings. The third-order valence-corrected chi connectivity index (χ3v) is 4.34. The molecule has 23 heavy (non-hydrogen) atoms. The molecular formula is C16H19F3N2OS. The van der Waals surface area contributed by atoms with Crippen molar-refractivity contribution in [2.24, 2.45) is 0 Å². The molecule has 0 unspecified atom stereocenters. The van der Waals surface area contributed by atoms with E-state index in [1.807, 2.05) is 6.07 Å². The molecule has 7 heteroatoms. The number of hydrogen-bond donors (Lipinski definition) is 1. The van der Waals surface area contributed by atoms with E-state index in [1.165, 1.54) is 22.5 Å². The molecule has 0 fully saturated rings. The lowest BCUT2D eigenvalue weighted by Crippen LogP contribution is -2.19. The van der Waals surface area contributed by atoms with Crippen molar-refractivity contribution < 1.29 is 18.3 Å². The van der Waals surface area contributed by atoms with E-state index in [9.17, 15) is 13.2 Å². The second kappa shape index (κ2) is 8.40. The summed E-state index contributed by atoms with van der Waals surface area (Å²) in [7, 11) is 0. The predicted molar refractivity (Wildman–Crippen MR) is 85.4 cm³/mol. The summed E-state index contributed by atoms with van der Waals surface area (Å²) in [5.41, 5.74) is 1.19. The average molecular weight is 344 g/mol. The van der Waals surface area contributed by atoms with E-state index in [4.69, 9.17) is 5.11 Å². The zero-order chi connectivity index (χ0) is 16.7. The van der Waals surface area contributed by atoms with Gasteiger partial charge in [-0.2, -0.15) is 13.2 Å². The molecule has 126 valence electrons. The minimum Gasteiger partial charge on any atom is -0.396 e. The van der Waals surface area contributed by atoms with Crippen molar-refractivity contribution in [3.8, 4) is 11.3 Å². The van der Waals surface area contributed by atoms with Crippen LogP contribution in [0.2, 0.25) is 0 Å². The summed E-state index contributed by atoms with van der Waals surface area (Å²) in [6, 6.07) is 8.97. The number of aromatic nitrogens is 2. The van der Waals surface area contributed by atoms with Crippen LogP contribution in [0.5, 0.6) is 0 Å². The van der Waals surface area contributed by atoms with Gasteiger partial charge in [-0.05, 0) is 18.4 Å². The summed E-state index contributed by atoms with van der Waals surface area (Å²) >= 11 is 1.32. The molecule has 0 bridgehead atoms. The molecule has 1 N–H and O–H groups in total. The van der Waals surface area contributed by atoms with Gasteiger partial charge >= 0.3 is 6.18 Å². The molecule has 0 saturated heterocycles. The fraction of sp³-hybridized carbons (Fsp3) is 0.438. The van der Waals surface area contributed by atoms with E-state index in [2.05, 4.69) is 4.98 Å². The van der Waals surface area contributed by atoms with Gasteiger partial charge in [-0.25, -0.2) is 4.98 Å². The number of nitrogens with zero attached hydrogens (tertiary/aromatic N) is 2. The highest BCUT2D eigenvalue weighted by atomic mass is 32.2. The Labute approximate surface area is 137 Å². The second-order valence-corrected chi connectivity index (χ2v) is 6.19. The van der Waals surface area contributed by atoms with E-state index in [1.54, 1.807) is 24.3 Å². The number of unbranched alkanes of at least 4 members (excludes halogenated alkanes) is 2. The second-order valence-electron chi connectivity index (χ2n) is 5.13. The van der Waals surface area contributed by atoms with Crippen LogP contribution >= 0.6 is 11.8 Å². The Kier molecular flexibility index (Phi) is 6.53. The van der Waals surface area contributed by atoms with Crippen molar-refractivity contribution >= 4 is 11.8 Å². The standard InChI is InChI=1S/C16H19F3N2OS/c17-16(18,19)12-21-14(13-7-3-1-4-8-13)11-20-15(21)23-10-6-2-5-9-22/h1,3-4,7-8,11,22H,2,5-6,9-10,12H2. The van der Waals surface area contributed by atoms with Gasteiger partial charge in [-0.3, -0.25) is 0 Å². The topological polar surface area (TPSA) is 38.1 Å². The fourth-order valence-corrected chi connectivity index (χ4v) is 3.18. The molecule has 0 aliphatic carbocycles. The average Bonchev–Trinajstić information content (AvgIpc) is 2.89. The van der Waals surface area contributed by atoms with Crippen molar-refractivity contribution in [3.05, 3.63) is 36.5 Å². The SMILES string of the molecule is OCCCCCSc1ncc(-c2ccccc2)n1CC(F)(F)F. The Morgan fingerprint density at radius 3 is 2.48 bits per heavy atom.